The zero-order valence-electron chi connectivity index (χ0n) is 6.55. The first-order chi connectivity index (χ1) is 4.83. The van der Waals surface area contributed by atoms with E-state index >= 15 is 0 Å². The molecule has 0 aromatic carbocycles. The summed E-state index contributed by atoms with van der Waals surface area (Å²) in [4.78, 5) is 0. The van der Waals surface area contributed by atoms with Gasteiger partial charge >= 0.3 is 0 Å². The van der Waals surface area contributed by atoms with Crippen LogP contribution in [0.3, 0.4) is 0 Å². The molecule has 1 nitrogen and oxygen atoms in total. The Hall–Kier alpha value is 0.310. The van der Waals surface area contributed by atoms with Crippen LogP contribution in [-0.4, -0.2) is 22.7 Å². The van der Waals surface area contributed by atoms with Gasteiger partial charge in [0.05, 0.1) is 0 Å². The van der Waals surface area contributed by atoms with Gasteiger partial charge in [0.15, 0.2) is 0 Å². The van der Waals surface area contributed by atoms with E-state index in [-0.39, 0.29) is 0 Å². The summed E-state index contributed by atoms with van der Waals surface area (Å²) < 4.78 is 0. The van der Waals surface area contributed by atoms with E-state index in [9.17, 15) is 0 Å². The maximum atomic E-state index is 8.73. The first kappa shape index (κ1) is 8.41. The van der Waals surface area contributed by atoms with Gasteiger partial charge in [-0.05, 0) is 24.5 Å². The number of hydrogen-bond donors (Lipinski definition) is 1. The Bertz CT molecular complexity index is 86.5. The summed E-state index contributed by atoms with van der Waals surface area (Å²) >= 11 is 2.04. The van der Waals surface area contributed by atoms with E-state index in [2.05, 4.69) is 6.92 Å². The standard InChI is InChI=1S/C8H16OS/c1-7(5-9)6-10-8-3-2-4-8/h7-9H,2-6H2,1H3. The van der Waals surface area contributed by atoms with Crippen LogP contribution in [0.2, 0.25) is 0 Å². The molecule has 0 heterocycles. The second-order valence-electron chi connectivity index (χ2n) is 3.17. The number of thioether (sulfide) groups is 1. The van der Waals surface area contributed by atoms with Crippen molar-refractivity contribution in [2.45, 2.75) is 31.4 Å². The van der Waals surface area contributed by atoms with Crippen molar-refractivity contribution < 1.29 is 5.11 Å². The van der Waals surface area contributed by atoms with Crippen molar-refractivity contribution in [1.29, 1.82) is 0 Å². The molecule has 1 fully saturated rings. The van der Waals surface area contributed by atoms with E-state index in [1.807, 2.05) is 11.8 Å². The third kappa shape index (κ3) is 2.51. The number of rotatable bonds is 4. The minimum Gasteiger partial charge on any atom is -0.396 e. The second kappa shape index (κ2) is 4.24. The molecule has 0 aliphatic heterocycles. The minimum atomic E-state index is 0.347. The molecule has 1 atom stereocenters. The summed E-state index contributed by atoms with van der Waals surface area (Å²) in [5, 5.41) is 9.65. The third-order valence-corrected chi connectivity index (χ3v) is 3.68. The summed E-state index contributed by atoms with van der Waals surface area (Å²) in [6, 6.07) is 0. The number of aliphatic hydroxyl groups is 1. The minimum absolute atomic E-state index is 0.347. The zero-order chi connectivity index (χ0) is 7.40. The molecule has 1 N–H and O–H groups in total. The van der Waals surface area contributed by atoms with Crippen molar-refractivity contribution in [2.24, 2.45) is 5.92 Å². The molecule has 0 aromatic heterocycles. The van der Waals surface area contributed by atoms with Crippen LogP contribution in [0, 0.1) is 5.92 Å². The van der Waals surface area contributed by atoms with E-state index < -0.39 is 0 Å². The van der Waals surface area contributed by atoms with Crippen LogP contribution >= 0.6 is 11.8 Å². The lowest BCUT2D eigenvalue weighted by molar-refractivity contribution is 0.250. The third-order valence-electron chi connectivity index (χ3n) is 1.98. The molecule has 0 bridgehead atoms. The maximum absolute atomic E-state index is 8.73. The molecule has 0 aromatic rings. The zero-order valence-corrected chi connectivity index (χ0v) is 7.36. The lowest BCUT2D eigenvalue weighted by atomic mass is 10.00. The molecule has 1 aliphatic rings. The smallest absolute Gasteiger partial charge is 0.0464 e. The second-order valence-corrected chi connectivity index (χ2v) is 4.51. The van der Waals surface area contributed by atoms with Crippen LogP contribution < -0.4 is 0 Å². The van der Waals surface area contributed by atoms with Crippen LogP contribution in [0.15, 0.2) is 0 Å². The molecule has 1 aliphatic carbocycles. The van der Waals surface area contributed by atoms with Gasteiger partial charge in [-0.15, -0.1) is 0 Å². The van der Waals surface area contributed by atoms with Crippen molar-refractivity contribution >= 4 is 11.8 Å². The molecule has 1 saturated carbocycles. The van der Waals surface area contributed by atoms with Crippen LogP contribution in [0.1, 0.15) is 26.2 Å². The van der Waals surface area contributed by atoms with E-state index in [1.165, 1.54) is 19.3 Å². The van der Waals surface area contributed by atoms with Crippen LogP contribution in [-0.2, 0) is 0 Å². The highest BCUT2D eigenvalue weighted by molar-refractivity contribution is 7.99. The lowest BCUT2D eigenvalue weighted by Gasteiger charge is -2.25. The molecular weight excluding hydrogens is 144 g/mol. The first-order valence-electron chi connectivity index (χ1n) is 4.05. The molecule has 0 saturated heterocycles. The molecule has 1 unspecified atom stereocenters. The monoisotopic (exact) mass is 160 g/mol. The van der Waals surface area contributed by atoms with Crippen LogP contribution in [0.4, 0.5) is 0 Å². The Morgan fingerprint density at radius 1 is 1.60 bits per heavy atom. The van der Waals surface area contributed by atoms with Gasteiger partial charge in [-0.3, -0.25) is 0 Å². The van der Waals surface area contributed by atoms with E-state index in [1.54, 1.807) is 0 Å². The normalized spacial score (nSPS) is 22.2. The summed E-state index contributed by atoms with van der Waals surface area (Å²) in [5.74, 6) is 1.63. The molecule has 1 rings (SSSR count). The van der Waals surface area contributed by atoms with Crippen molar-refractivity contribution in [3.63, 3.8) is 0 Å². The van der Waals surface area contributed by atoms with Crippen LogP contribution in [0.5, 0.6) is 0 Å². The van der Waals surface area contributed by atoms with Gasteiger partial charge in [-0.25, -0.2) is 0 Å². The number of aliphatic hydroxyl groups excluding tert-OH is 1. The summed E-state index contributed by atoms with van der Waals surface area (Å²) in [6.45, 7) is 2.45. The highest BCUT2D eigenvalue weighted by Crippen LogP contribution is 2.31. The molecular formula is C8H16OS. The average molecular weight is 160 g/mol. The van der Waals surface area contributed by atoms with Crippen molar-refractivity contribution in [2.75, 3.05) is 12.4 Å². The summed E-state index contributed by atoms with van der Waals surface area (Å²) in [5.41, 5.74) is 0. The number of hydrogen-bond acceptors (Lipinski definition) is 2. The Morgan fingerprint density at radius 2 is 2.30 bits per heavy atom. The molecule has 0 radical (unpaired) electrons. The van der Waals surface area contributed by atoms with Crippen molar-refractivity contribution in [3.8, 4) is 0 Å². The van der Waals surface area contributed by atoms with Gasteiger partial charge in [-0.1, -0.05) is 13.3 Å². The Labute approximate surface area is 67.2 Å². The van der Waals surface area contributed by atoms with Gasteiger partial charge in [0, 0.05) is 11.9 Å². The van der Waals surface area contributed by atoms with Gasteiger partial charge in [0.1, 0.15) is 0 Å². The van der Waals surface area contributed by atoms with Gasteiger partial charge in [0.25, 0.3) is 0 Å². The Balaban J connectivity index is 1.93. The highest BCUT2D eigenvalue weighted by atomic mass is 32.2. The fourth-order valence-corrected chi connectivity index (χ4v) is 2.26. The van der Waals surface area contributed by atoms with Crippen LogP contribution in [0.25, 0.3) is 0 Å². The van der Waals surface area contributed by atoms with Crippen molar-refractivity contribution in [3.05, 3.63) is 0 Å². The molecule has 60 valence electrons. The van der Waals surface area contributed by atoms with Gasteiger partial charge in [-0.2, -0.15) is 11.8 Å². The SMILES string of the molecule is CC(CO)CSC1CCC1. The van der Waals surface area contributed by atoms with E-state index in [0.717, 1.165) is 11.0 Å². The predicted octanol–water partition coefficient (Wildman–Crippen LogP) is 1.90. The summed E-state index contributed by atoms with van der Waals surface area (Å²) in [6.07, 6.45) is 4.23. The molecule has 10 heavy (non-hydrogen) atoms. The largest absolute Gasteiger partial charge is 0.396 e. The quantitative estimate of drug-likeness (QED) is 0.678. The molecule has 0 spiro atoms. The first-order valence-corrected chi connectivity index (χ1v) is 5.10. The fraction of sp³-hybridized carbons (Fsp3) is 1.00. The average Bonchev–Trinajstić information content (AvgIpc) is 1.84. The van der Waals surface area contributed by atoms with Gasteiger partial charge < -0.3 is 5.11 Å². The Kier molecular flexibility index (Phi) is 3.57. The lowest BCUT2D eigenvalue weighted by Crippen LogP contribution is -2.16. The van der Waals surface area contributed by atoms with Gasteiger partial charge in [0.2, 0.25) is 0 Å². The topological polar surface area (TPSA) is 20.2 Å². The van der Waals surface area contributed by atoms with Crippen molar-refractivity contribution in [1.82, 2.24) is 0 Å². The predicted molar refractivity (Wildman–Crippen MR) is 46.3 cm³/mol. The fourth-order valence-electron chi connectivity index (χ4n) is 0.891. The van der Waals surface area contributed by atoms with E-state index in [4.69, 9.17) is 5.11 Å². The molecule has 0 amide bonds. The van der Waals surface area contributed by atoms with E-state index in [0.29, 0.717) is 12.5 Å². The Morgan fingerprint density at radius 3 is 2.70 bits per heavy atom. The summed E-state index contributed by atoms with van der Waals surface area (Å²) in [7, 11) is 0. The molecule has 2 heteroatoms. The highest BCUT2D eigenvalue weighted by Gasteiger charge is 2.17. The maximum Gasteiger partial charge on any atom is 0.0464 e.